The van der Waals surface area contributed by atoms with Crippen molar-refractivity contribution in [2.75, 3.05) is 6.61 Å². The van der Waals surface area contributed by atoms with Crippen LogP contribution in [-0.4, -0.2) is 22.5 Å². The zero-order valence-electron chi connectivity index (χ0n) is 9.77. The van der Waals surface area contributed by atoms with Crippen molar-refractivity contribution in [1.29, 1.82) is 0 Å². The maximum Gasteiger partial charge on any atom is 0.0551 e. The molecule has 1 aromatic rings. The van der Waals surface area contributed by atoms with Gasteiger partial charge in [-0.3, -0.25) is 4.98 Å². The molecule has 0 saturated carbocycles. The van der Waals surface area contributed by atoms with Crippen LogP contribution in [0.3, 0.4) is 0 Å². The van der Waals surface area contributed by atoms with E-state index in [1.807, 2.05) is 12.4 Å². The van der Waals surface area contributed by atoms with E-state index >= 15 is 0 Å². The van der Waals surface area contributed by atoms with E-state index in [2.05, 4.69) is 46.9 Å². The molecule has 0 aliphatic carbocycles. The molecule has 1 aliphatic rings. The second-order valence-electron chi connectivity index (χ2n) is 4.65. The van der Waals surface area contributed by atoms with Crippen molar-refractivity contribution < 1.29 is 4.74 Å². The molecule has 1 aromatic heterocycles. The summed E-state index contributed by atoms with van der Waals surface area (Å²) in [6, 6.07) is 4.19. The summed E-state index contributed by atoms with van der Waals surface area (Å²) < 4.78 is 5.63. The number of hydrogen-bond donors (Lipinski definition) is 0. The van der Waals surface area contributed by atoms with Crippen LogP contribution in [-0.2, 0) is 4.74 Å². The average molecular weight is 284 g/mol. The molecule has 0 spiro atoms. The van der Waals surface area contributed by atoms with E-state index in [1.54, 1.807) is 0 Å². The minimum Gasteiger partial charge on any atom is -0.378 e. The monoisotopic (exact) mass is 283 g/mol. The Morgan fingerprint density at radius 2 is 2.12 bits per heavy atom. The van der Waals surface area contributed by atoms with E-state index in [0.717, 1.165) is 13.0 Å². The third kappa shape index (κ3) is 2.64. The topological polar surface area (TPSA) is 22.1 Å². The van der Waals surface area contributed by atoms with Crippen molar-refractivity contribution in [3.8, 4) is 0 Å². The van der Waals surface area contributed by atoms with Crippen LogP contribution in [0.4, 0.5) is 0 Å². The molecule has 88 valence electrons. The molecule has 0 N–H and O–H groups in total. The Kier molecular flexibility index (Phi) is 3.98. The van der Waals surface area contributed by atoms with Crippen molar-refractivity contribution in [1.82, 2.24) is 4.98 Å². The lowest BCUT2D eigenvalue weighted by atomic mass is 9.89. The fraction of sp³-hybridized carbons (Fsp3) is 0.615. The van der Waals surface area contributed by atoms with Gasteiger partial charge in [0.25, 0.3) is 0 Å². The Morgan fingerprint density at radius 3 is 2.69 bits per heavy atom. The van der Waals surface area contributed by atoms with E-state index in [1.165, 1.54) is 5.56 Å². The summed E-state index contributed by atoms with van der Waals surface area (Å²) in [5, 5.41) is 0. The lowest BCUT2D eigenvalue weighted by molar-refractivity contribution is 0.119. The molecule has 0 amide bonds. The van der Waals surface area contributed by atoms with Crippen LogP contribution < -0.4 is 0 Å². The summed E-state index contributed by atoms with van der Waals surface area (Å²) in [5.74, 6) is 1.13. The predicted molar refractivity (Wildman–Crippen MR) is 68.9 cm³/mol. The molecule has 0 radical (unpaired) electrons. The average Bonchev–Trinajstić information content (AvgIpc) is 2.75. The van der Waals surface area contributed by atoms with Gasteiger partial charge >= 0.3 is 0 Å². The van der Waals surface area contributed by atoms with Crippen LogP contribution in [0, 0.1) is 5.92 Å². The summed E-state index contributed by atoms with van der Waals surface area (Å²) in [6.07, 6.45) is 5.29. The number of halogens is 1. The van der Waals surface area contributed by atoms with E-state index in [9.17, 15) is 0 Å². The number of alkyl halides is 1. The van der Waals surface area contributed by atoms with Crippen LogP contribution in [0.1, 0.15) is 31.7 Å². The predicted octanol–water partition coefficient (Wildman–Crippen LogP) is 3.37. The number of aromatic nitrogens is 1. The molecule has 0 bridgehead atoms. The van der Waals surface area contributed by atoms with Gasteiger partial charge in [-0.05, 0) is 42.9 Å². The van der Waals surface area contributed by atoms with Gasteiger partial charge in [-0.25, -0.2) is 0 Å². The van der Waals surface area contributed by atoms with E-state index in [-0.39, 0.29) is 0 Å². The van der Waals surface area contributed by atoms with Gasteiger partial charge in [0.15, 0.2) is 0 Å². The van der Waals surface area contributed by atoms with E-state index < -0.39 is 0 Å². The molecule has 2 heterocycles. The molecular weight excluding hydrogens is 266 g/mol. The van der Waals surface area contributed by atoms with Crippen LogP contribution in [0.15, 0.2) is 24.5 Å². The second-order valence-corrected chi connectivity index (χ2v) is 5.71. The first-order valence-electron chi connectivity index (χ1n) is 5.84. The molecule has 3 heteroatoms. The summed E-state index contributed by atoms with van der Waals surface area (Å²) in [5.41, 5.74) is 1.34. The third-order valence-electron chi connectivity index (χ3n) is 3.39. The number of pyridine rings is 1. The minimum atomic E-state index is 0.412. The lowest BCUT2D eigenvalue weighted by Gasteiger charge is -2.23. The highest BCUT2D eigenvalue weighted by Gasteiger charge is 2.31. The molecule has 16 heavy (non-hydrogen) atoms. The lowest BCUT2D eigenvalue weighted by Crippen LogP contribution is -2.21. The molecule has 1 fully saturated rings. The Bertz CT molecular complexity index is 330. The molecule has 0 aromatic carbocycles. The molecule has 1 aliphatic heterocycles. The maximum atomic E-state index is 5.63. The first-order chi connectivity index (χ1) is 7.68. The zero-order valence-corrected chi connectivity index (χ0v) is 11.4. The summed E-state index contributed by atoms with van der Waals surface area (Å²) in [7, 11) is 0. The summed E-state index contributed by atoms with van der Waals surface area (Å²) in [6.45, 7) is 5.29. The van der Waals surface area contributed by atoms with Gasteiger partial charge in [0.05, 0.1) is 12.7 Å². The van der Waals surface area contributed by atoms with Crippen molar-refractivity contribution in [2.24, 2.45) is 5.92 Å². The fourth-order valence-corrected chi connectivity index (χ4v) is 3.00. The number of ether oxygens (including phenoxy) is 1. The smallest absolute Gasteiger partial charge is 0.0551 e. The molecule has 2 rings (SSSR count). The quantitative estimate of drug-likeness (QED) is 0.794. The van der Waals surface area contributed by atoms with Gasteiger partial charge in [0.2, 0.25) is 0 Å². The van der Waals surface area contributed by atoms with Crippen LogP contribution in [0.25, 0.3) is 0 Å². The third-order valence-corrected chi connectivity index (χ3v) is 4.93. The van der Waals surface area contributed by atoms with Gasteiger partial charge in [-0.1, -0.05) is 22.9 Å². The normalized spacial score (nSPS) is 28.9. The van der Waals surface area contributed by atoms with E-state index in [0.29, 0.717) is 22.8 Å². The van der Waals surface area contributed by atoms with Gasteiger partial charge in [0.1, 0.15) is 0 Å². The van der Waals surface area contributed by atoms with Crippen molar-refractivity contribution >= 4 is 15.9 Å². The molecule has 4 unspecified atom stereocenters. The Hall–Kier alpha value is -0.410. The highest BCUT2D eigenvalue weighted by Crippen LogP contribution is 2.35. The zero-order chi connectivity index (χ0) is 11.5. The largest absolute Gasteiger partial charge is 0.378 e. The number of nitrogens with zero attached hydrogens (tertiary/aromatic N) is 1. The molecular formula is C13H18BrNO. The maximum absolute atomic E-state index is 5.63. The van der Waals surface area contributed by atoms with Gasteiger partial charge in [0, 0.05) is 17.2 Å². The minimum absolute atomic E-state index is 0.412. The standard InChI is InChI=1S/C13H18BrNO/c1-9-7-12(8-16-9)13(14)10(2)11-3-5-15-6-4-11/h3-6,9-10,12-13H,7-8H2,1-2H3. The molecule has 2 nitrogen and oxygen atoms in total. The van der Waals surface area contributed by atoms with Crippen molar-refractivity contribution in [2.45, 2.75) is 37.1 Å². The fourth-order valence-electron chi connectivity index (χ4n) is 2.33. The molecule has 4 atom stereocenters. The SMILES string of the molecule is CC1CC(C(Br)C(C)c2ccncc2)CO1. The Balaban J connectivity index is 2.02. The second kappa shape index (κ2) is 5.28. The van der Waals surface area contributed by atoms with Crippen LogP contribution >= 0.6 is 15.9 Å². The highest BCUT2D eigenvalue weighted by atomic mass is 79.9. The van der Waals surface area contributed by atoms with E-state index in [4.69, 9.17) is 4.74 Å². The number of rotatable bonds is 3. The number of hydrogen-bond acceptors (Lipinski definition) is 2. The highest BCUT2D eigenvalue weighted by molar-refractivity contribution is 9.09. The Labute approximate surface area is 106 Å². The van der Waals surface area contributed by atoms with Crippen LogP contribution in [0.5, 0.6) is 0 Å². The van der Waals surface area contributed by atoms with Crippen molar-refractivity contribution in [3.05, 3.63) is 30.1 Å². The Morgan fingerprint density at radius 1 is 1.44 bits per heavy atom. The van der Waals surface area contributed by atoms with Crippen molar-refractivity contribution in [3.63, 3.8) is 0 Å². The first kappa shape index (κ1) is 12.1. The van der Waals surface area contributed by atoms with Gasteiger partial charge in [-0.2, -0.15) is 0 Å². The summed E-state index contributed by atoms with van der Waals surface area (Å²) in [4.78, 5) is 4.54. The van der Waals surface area contributed by atoms with Gasteiger partial charge in [-0.15, -0.1) is 0 Å². The first-order valence-corrected chi connectivity index (χ1v) is 6.75. The van der Waals surface area contributed by atoms with Crippen LogP contribution in [0.2, 0.25) is 0 Å². The molecule has 1 saturated heterocycles. The van der Waals surface area contributed by atoms with Gasteiger partial charge < -0.3 is 4.74 Å². The summed E-state index contributed by atoms with van der Waals surface area (Å²) >= 11 is 3.83.